The van der Waals surface area contributed by atoms with Gasteiger partial charge in [-0.3, -0.25) is 10.1 Å². The van der Waals surface area contributed by atoms with Crippen molar-refractivity contribution in [3.63, 3.8) is 0 Å². The first-order valence-corrected chi connectivity index (χ1v) is 5.04. The first-order chi connectivity index (χ1) is 8.50. The number of hydrogen-bond donors (Lipinski definition) is 0. The molecule has 0 aliphatic heterocycles. The van der Waals surface area contributed by atoms with Crippen molar-refractivity contribution in [2.75, 3.05) is 0 Å². The molecule has 19 heavy (non-hydrogen) atoms. The Hall–Kier alpha value is -1.51. The van der Waals surface area contributed by atoms with Gasteiger partial charge in [0.15, 0.2) is 0 Å². The van der Waals surface area contributed by atoms with Crippen molar-refractivity contribution in [3.8, 4) is 0 Å². The van der Waals surface area contributed by atoms with Crippen LogP contribution in [0.1, 0.15) is 16.7 Å². The lowest BCUT2D eigenvalue weighted by atomic mass is 10.0. The van der Waals surface area contributed by atoms with Gasteiger partial charge in [-0.2, -0.15) is 26.3 Å². The fourth-order valence-corrected chi connectivity index (χ4v) is 1.70. The van der Waals surface area contributed by atoms with Crippen LogP contribution in [0.5, 0.6) is 0 Å². The molecule has 0 atom stereocenters. The fraction of sp³-hybridized carbons (Fsp3) is 0.333. The molecule has 0 N–H and O–H groups in total. The number of benzene rings is 1. The van der Waals surface area contributed by atoms with Crippen molar-refractivity contribution < 1.29 is 31.3 Å². The molecule has 0 aliphatic carbocycles. The zero-order chi connectivity index (χ0) is 15.0. The molecule has 0 heterocycles. The maximum absolute atomic E-state index is 12.7. The third-order valence-electron chi connectivity index (χ3n) is 2.18. The van der Waals surface area contributed by atoms with E-state index in [1.807, 2.05) is 0 Å². The number of halogens is 7. The summed E-state index contributed by atoms with van der Waals surface area (Å²) in [5.41, 5.74) is -6.74. The van der Waals surface area contributed by atoms with Crippen LogP contribution in [0.4, 0.5) is 32.0 Å². The molecule has 3 nitrogen and oxygen atoms in total. The highest BCUT2D eigenvalue weighted by atomic mass is 35.5. The van der Waals surface area contributed by atoms with Gasteiger partial charge >= 0.3 is 12.4 Å². The van der Waals surface area contributed by atoms with Crippen LogP contribution in [0.2, 0.25) is 0 Å². The van der Waals surface area contributed by atoms with Gasteiger partial charge in [0.25, 0.3) is 5.69 Å². The highest BCUT2D eigenvalue weighted by Crippen LogP contribution is 2.45. The van der Waals surface area contributed by atoms with Gasteiger partial charge in [-0.1, -0.05) is 6.07 Å². The fourth-order valence-electron chi connectivity index (χ4n) is 1.48. The highest BCUT2D eigenvalue weighted by Gasteiger charge is 2.47. The van der Waals surface area contributed by atoms with E-state index >= 15 is 0 Å². The van der Waals surface area contributed by atoms with Crippen LogP contribution < -0.4 is 0 Å². The van der Waals surface area contributed by atoms with Crippen molar-refractivity contribution in [1.29, 1.82) is 0 Å². The Morgan fingerprint density at radius 3 is 1.95 bits per heavy atom. The summed E-state index contributed by atoms with van der Waals surface area (Å²) in [6.45, 7) is 0. The van der Waals surface area contributed by atoms with E-state index in [4.69, 9.17) is 11.6 Å². The van der Waals surface area contributed by atoms with Crippen molar-refractivity contribution in [2.24, 2.45) is 0 Å². The second-order valence-electron chi connectivity index (χ2n) is 3.38. The molecule has 0 saturated carbocycles. The molecule has 1 aromatic carbocycles. The zero-order valence-corrected chi connectivity index (χ0v) is 9.53. The molecule has 0 bridgehead atoms. The highest BCUT2D eigenvalue weighted by molar-refractivity contribution is 6.17. The van der Waals surface area contributed by atoms with Crippen LogP contribution in [0.25, 0.3) is 0 Å². The van der Waals surface area contributed by atoms with E-state index < -0.39 is 45.5 Å². The van der Waals surface area contributed by atoms with Crippen LogP contribution in [0.15, 0.2) is 12.1 Å². The molecule has 0 unspecified atom stereocenters. The third kappa shape index (κ3) is 3.09. The zero-order valence-electron chi connectivity index (χ0n) is 8.77. The maximum atomic E-state index is 12.7. The van der Waals surface area contributed by atoms with Crippen LogP contribution >= 0.6 is 11.6 Å². The third-order valence-corrected chi connectivity index (χ3v) is 2.47. The standard InChI is InChI=1S/C9H4ClF6NO2/c10-3-4-1-2-5(8(11,12)13)7(17(18)19)6(4)9(14,15)16/h1-2H,3H2. The van der Waals surface area contributed by atoms with Crippen molar-refractivity contribution >= 4 is 17.3 Å². The summed E-state index contributed by atoms with van der Waals surface area (Å²) >= 11 is 5.18. The van der Waals surface area contributed by atoms with Gasteiger partial charge < -0.3 is 0 Å². The molecule has 0 aliphatic rings. The average molecular weight is 308 g/mol. The Morgan fingerprint density at radius 2 is 1.63 bits per heavy atom. The van der Waals surface area contributed by atoms with Crippen molar-refractivity contribution in [2.45, 2.75) is 18.2 Å². The molecule has 0 radical (unpaired) electrons. The summed E-state index contributed by atoms with van der Waals surface area (Å²) in [5, 5.41) is 10.6. The van der Waals surface area contributed by atoms with Crippen LogP contribution in [-0.4, -0.2) is 4.92 Å². The number of nitrogens with zero attached hydrogens (tertiary/aromatic N) is 1. The summed E-state index contributed by atoms with van der Waals surface area (Å²) in [7, 11) is 0. The monoisotopic (exact) mass is 307 g/mol. The minimum Gasteiger partial charge on any atom is -0.258 e. The topological polar surface area (TPSA) is 43.1 Å². The number of nitro groups is 1. The first kappa shape index (κ1) is 15.5. The van der Waals surface area contributed by atoms with E-state index in [0.29, 0.717) is 6.07 Å². The van der Waals surface area contributed by atoms with E-state index in [9.17, 15) is 36.5 Å². The van der Waals surface area contributed by atoms with Crippen LogP contribution in [0.3, 0.4) is 0 Å². The SMILES string of the molecule is O=[N+]([O-])c1c(C(F)(F)F)ccc(CCl)c1C(F)(F)F. The second kappa shape index (κ2) is 4.87. The molecule has 0 spiro atoms. The van der Waals surface area contributed by atoms with Gasteiger partial charge in [0, 0.05) is 5.88 Å². The van der Waals surface area contributed by atoms with E-state index in [2.05, 4.69) is 0 Å². The van der Waals surface area contributed by atoms with Gasteiger partial charge in [0.05, 0.1) is 4.92 Å². The lowest BCUT2D eigenvalue weighted by molar-refractivity contribution is -0.391. The molecule has 0 aromatic heterocycles. The molecule has 10 heteroatoms. The number of nitro benzene ring substituents is 1. The van der Waals surface area contributed by atoms with Gasteiger partial charge in [0.2, 0.25) is 0 Å². The number of rotatable bonds is 2. The first-order valence-electron chi connectivity index (χ1n) is 4.50. The molecule has 106 valence electrons. The van der Waals surface area contributed by atoms with Crippen LogP contribution in [0, 0.1) is 10.1 Å². The summed E-state index contributed by atoms with van der Waals surface area (Å²) in [5.74, 6) is -0.798. The minimum atomic E-state index is -5.31. The summed E-state index contributed by atoms with van der Waals surface area (Å²) < 4.78 is 75.6. The van der Waals surface area contributed by atoms with E-state index in [0.717, 1.165) is 0 Å². The minimum absolute atomic E-state index is 0.213. The van der Waals surface area contributed by atoms with E-state index in [1.54, 1.807) is 0 Å². The van der Waals surface area contributed by atoms with Crippen LogP contribution in [-0.2, 0) is 18.2 Å². The molecule has 0 amide bonds. The molecule has 0 fully saturated rings. The maximum Gasteiger partial charge on any atom is 0.423 e. The van der Waals surface area contributed by atoms with E-state index in [1.165, 1.54) is 0 Å². The summed E-state index contributed by atoms with van der Waals surface area (Å²) in [6, 6.07) is 0.691. The van der Waals surface area contributed by atoms with Gasteiger partial charge in [0.1, 0.15) is 11.1 Å². The molecule has 1 rings (SSSR count). The Labute approximate surface area is 106 Å². The normalized spacial score (nSPS) is 12.6. The Morgan fingerprint density at radius 1 is 1.11 bits per heavy atom. The quantitative estimate of drug-likeness (QED) is 0.352. The predicted molar refractivity (Wildman–Crippen MR) is 52.7 cm³/mol. The Kier molecular flexibility index (Phi) is 3.99. The average Bonchev–Trinajstić information content (AvgIpc) is 2.24. The number of alkyl halides is 7. The Balaban J connectivity index is 3.79. The van der Waals surface area contributed by atoms with Crippen molar-refractivity contribution in [1.82, 2.24) is 0 Å². The van der Waals surface area contributed by atoms with Gasteiger partial charge in [-0.25, -0.2) is 0 Å². The summed E-state index contributed by atoms with van der Waals surface area (Å²) in [6.07, 6.45) is -10.6. The summed E-state index contributed by atoms with van der Waals surface area (Å²) in [4.78, 5) is 8.86. The number of hydrogen-bond acceptors (Lipinski definition) is 2. The molecule has 0 saturated heterocycles. The molecular formula is C9H4ClF6NO2. The van der Waals surface area contributed by atoms with E-state index in [-0.39, 0.29) is 6.07 Å². The lowest BCUT2D eigenvalue weighted by Gasteiger charge is -2.15. The molecular weight excluding hydrogens is 304 g/mol. The van der Waals surface area contributed by atoms with Gasteiger partial charge in [-0.15, -0.1) is 11.6 Å². The largest absolute Gasteiger partial charge is 0.423 e. The smallest absolute Gasteiger partial charge is 0.258 e. The molecule has 1 aromatic rings. The Bertz CT molecular complexity index is 511. The van der Waals surface area contributed by atoms with Gasteiger partial charge in [-0.05, 0) is 11.6 Å². The second-order valence-corrected chi connectivity index (χ2v) is 3.65. The van der Waals surface area contributed by atoms with Crippen molar-refractivity contribution in [3.05, 3.63) is 38.9 Å². The predicted octanol–water partition coefficient (Wildman–Crippen LogP) is 4.37. The lowest BCUT2D eigenvalue weighted by Crippen LogP contribution is -2.17.